The van der Waals surface area contributed by atoms with Crippen LogP contribution in [0.15, 0.2) is 16.9 Å². The number of thiazole rings is 1. The normalized spacial score (nSPS) is 12.3. The topological polar surface area (TPSA) is 121 Å². The van der Waals surface area contributed by atoms with Crippen LogP contribution in [0.25, 0.3) is 11.8 Å². The van der Waals surface area contributed by atoms with Gasteiger partial charge >= 0.3 is 11.9 Å². The number of rotatable bonds is 6. The van der Waals surface area contributed by atoms with Crippen LogP contribution in [0, 0.1) is 18.3 Å². The molecular weight excluding hydrogens is 418 g/mol. The second-order valence-electron chi connectivity index (χ2n) is 5.77. The fourth-order valence-corrected chi connectivity index (χ4v) is 3.74. The van der Waals surface area contributed by atoms with E-state index in [0.29, 0.717) is 10.6 Å². The van der Waals surface area contributed by atoms with Gasteiger partial charge < -0.3 is 15.2 Å². The molecule has 152 valence electrons. The molecule has 0 saturated heterocycles. The van der Waals surface area contributed by atoms with Crippen molar-refractivity contribution in [1.82, 2.24) is 4.57 Å². The van der Waals surface area contributed by atoms with Crippen LogP contribution in [-0.2, 0) is 16.1 Å². The lowest BCUT2D eigenvalue weighted by Crippen LogP contribution is -2.32. The van der Waals surface area contributed by atoms with E-state index in [4.69, 9.17) is 16.3 Å². The molecule has 0 aliphatic carbocycles. The minimum absolute atomic E-state index is 0.00783. The SMILES string of the molecule is CCOC(=O)C(C#N)=c1sc(=CNc2cc(Cl)c(C)cc2C(=O)O)c(=O)n1CC. The highest BCUT2D eigenvalue weighted by atomic mass is 35.5. The average Bonchev–Trinajstić information content (AvgIpc) is 2.98. The standard InChI is InChI=1S/C19H18ClN3O5S/c1-4-23-16(24)15(29-17(23)12(8-21)19(27)28-5-2)9-22-14-7-13(20)10(3)6-11(14)18(25)26/h6-7,9,22H,4-5H2,1-3H3,(H,25,26). The third-order valence-corrected chi connectivity index (χ3v) is 5.45. The Morgan fingerprint density at radius 2 is 2.10 bits per heavy atom. The van der Waals surface area contributed by atoms with E-state index in [1.165, 1.54) is 22.9 Å². The van der Waals surface area contributed by atoms with Gasteiger partial charge in [-0.3, -0.25) is 9.36 Å². The molecular formula is C19H18ClN3O5S. The lowest BCUT2D eigenvalue weighted by Gasteiger charge is -2.08. The number of esters is 1. The number of nitrogens with zero attached hydrogens (tertiary/aromatic N) is 2. The predicted octanol–water partition coefficient (Wildman–Crippen LogP) is 1.68. The first kappa shape index (κ1) is 22.2. The summed E-state index contributed by atoms with van der Waals surface area (Å²) in [6.45, 7) is 5.34. The number of carboxylic acids is 1. The predicted molar refractivity (Wildman–Crippen MR) is 110 cm³/mol. The lowest BCUT2D eigenvalue weighted by molar-refractivity contribution is -0.136. The highest BCUT2D eigenvalue weighted by Crippen LogP contribution is 2.25. The zero-order chi connectivity index (χ0) is 21.7. The maximum atomic E-state index is 12.7. The second kappa shape index (κ2) is 9.41. The fraction of sp³-hybridized carbons (Fsp3) is 0.263. The first-order valence-electron chi connectivity index (χ1n) is 8.56. The number of nitrogens with one attached hydrogen (secondary N) is 1. The van der Waals surface area contributed by atoms with Gasteiger partial charge in [0.25, 0.3) is 5.56 Å². The number of aromatic carboxylic acids is 1. The number of nitriles is 1. The van der Waals surface area contributed by atoms with Gasteiger partial charge in [-0.05, 0) is 38.5 Å². The van der Waals surface area contributed by atoms with Gasteiger partial charge in [-0.2, -0.15) is 5.26 Å². The van der Waals surface area contributed by atoms with Crippen molar-refractivity contribution < 1.29 is 19.4 Å². The van der Waals surface area contributed by atoms with Crippen LogP contribution in [0.3, 0.4) is 0 Å². The number of aromatic nitrogens is 1. The molecule has 0 atom stereocenters. The number of halogens is 1. The summed E-state index contributed by atoms with van der Waals surface area (Å²) >= 11 is 7.01. The maximum absolute atomic E-state index is 12.7. The van der Waals surface area contributed by atoms with Crippen molar-refractivity contribution in [2.24, 2.45) is 0 Å². The van der Waals surface area contributed by atoms with E-state index in [1.807, 2.05) is 0 Å². The third kappa shape index (κ3) is 4.67. The Bertz CT molecular complexity index is 1190. The molecule has 2 N–H and O–H groups in total. The molecule has 1 aromatic heterocycles. The number of carbonyl (C=O) groups excluding carboxylic acids is 1. The van der Waals surface area contributed by atoms with Gasteiger partial charge in [-0.1, -0.05) is 11.6 Å². The second-order valence-corrected chi connectivity index (χ2v) is 7.21. The Balaban J connectivity index is 2.66. The van der Waals surface area contributed by atoms with Crippen LogP contribution in [0.2, 0.25) is 5.02 Å². The van der Waals surface area contributed by atoms with Crippen molar-refractivity contribution in [2.45, 2.75) is 27.3 Å². The number of aryl methyl sites for hydroxylation is 1. The molecule has 0 aliphatic heterocycles. The Morgan fingerprint density at radius 3 is 2.66 bits per heavy atom. The number of hydrogen-bond donors (Lipinski definition) is 2. The van der Waals surface area contributed by atoms with Gasteiger partial charge in [0.2, 0.25) is 0 Å². The van der Waals surface area contributed by atoms with Gasteiger partial charge in [-0.25, -0.2) is 9.59 Å². The Hall–Kier alpha value is -3.09. The molecule has 2 aromatic rings. The number of benzene rings is 1. The van der Waals surface area contributed by atoms with Crippen LogP contribution in [0.5, 0.6) is 0 Å². The third-order valence-electron chi connectivity index (χ3n) is 3.92. The first-order valence-corrected chi connectivity index (χ1v) is 9.75. The summed E-state index contributed by atoms with van der Waals surface area (Å²) < 4.78 is 6.53. The van der Waals surface area contributed by atoms with Gasteiger partial charge in [0.1, 0.15) is 15.3 Å². The summed E-state index contributed by atoms with van der Waals surface area (Å²) in [5, 5.41) is 21.9. The summed E-state index contributed by atoms with van der Waals surface area (Å²) in [7, 11) is 0. The molecule has 1 heterocycles. The summed E-state index contributed by atoms with van der Waals surface area (Å²) in [4.78, 5) is 36.2. The summed E-state index contributed by atoms with van der Waals surface area (Å²) in [6.07, 6.45) is 1.33. The number of anilines is 1. The molecule has 0 amide bonds. The van der Waals surface area contributed by atoms with Crippen molar-refractivity contribution in [1.29, 1.82) is 5.26 Å². The van der Waals surface area contributed by atoms with Crippen LogP contribution in [0.1, 0.15) is 29.8 Å². The number of ether oxygens (including phenoxy) is 1. The molecule has 0 bridgehead atoms. The van der Waals surface area contributed by atoms with Gasteiger partial charge in [0, 0.05) is 17.8 Å². The highest BCUT2D eigenvalue weighted by Gasteiger charge is 2.16. The summed E-state index contributed by atoms with van der Waals surface area (Å²) in [5.74, 6) is -1.96. The molecule has 0 radical (unpaired) electrons. The zero-order valence-corrected chi connectivity index (χ0v) is 17.5. The maximum Gasteiger partial charge on any atom is 0.351 e. The molecule has 0 aliphatic rings. The smallest absolute Gasteiger partial charge is 0.351 e. The highest BCUT2D eigenvalue weighted by molar-refractivity contribution is 7.07. The van der Waals surface area contributed by atoms with E-state index in [9.17, 15) is 24.8 Å². The molecule has 10 heteroatoms. The van der Waals surface area contributed by atoms with Crippen molar-refractivity contribution in [3.8, 4) is 6.07 Å². The van der Waals surface area contributed by atoms with E-state index in [0.717, 1.165) is 11.3 Å². The van der Waals surface area contributed by atoms with Crippen molar-refractivity contribution >= 4 is 52.3 Å². The molecule has 0 fully saturated rings. The van der Waals surface area contributed by atoms with Crippen molar-refractivity contribution in [2.75, 3.05) is 11.9 Å². The number of carbonyl (C=O) groups is 2. The summed E-state index contributed by atoms with van der Waals surface area (Å²) in [5.41, 5.74) is 0.114. The van der Waals surface area contributed by atoms with Gasteiger partial charge in [-0.15, -0.1) is 11.3 Å². The first-order chi connectivity index (χ1) is 13.7. The van der Waals surface area contributed by atoms with Gasteiger partial charge in [0.05, 0.1) is 17.9 Å². The molecule has 8 nitrogen and oxygen atoms in total. The van der Waals surface area contributed by atoms with E-state index in [-0.39, 0.29) is 39.2 Å². The monoisotopic (exact) mass is 435 g/mol. The molecule has 0 unspecified atom stereocenters. The average molecular weight is 436 g/mol. The fourth-order valence-electron chi connectivity index (χ4n) is 2.50. The van der Waals surface area contributed by atoms with Crippen LogP contribution in [-0.4, -0.2) is 28.2 Å². The summed E-state index contributed by atoms with van der Waals surface area (Å²) in [6, 6.07) is 4.67. The number of hydrogen-bond acceptors (Lipinski definition) is 7. The Kier molecular flexibility index (Phi) is 7.20. The van der Waals surface area contributed by atoms with Gasteiger partial charge in [0.15, 0.2) is 5.57 Å². The molecule has 29 heavy (non-hydrogen) atoms. The Morgan fingerprint density at radius 1 is 1.41 bits per heavy atom. The zero-order valence-electron chi connectivity index (χ0n) is 15.9. The molecule has 0 spiro atoms. The van der Waals surface area contributed by atoms with Crippen molar-refractivity contribution in [3.63, 3.8) is 0 Å². The minimum atomic E-state index is -1.15. The molecule has 0 saturated carbocycles. The number of carboxylic acid groups (broad SMARTS) is 1. The van der Waals surface area contributed by atoms with E-state index < -0.39 is 17.5 Å². The van der Waals surface area contributed by atoms with Crippen molar-refractivity contribution in [3.05, 3.63) is 47.8 Å². The lowest BCUT2D eigenvalue weighted by atomic mass is 10.1. The minimum Gasteiger partial charge on any atom is -0.478 e. The van der Waals surface area contributed by atoms with E-state index >= 15 is 0 Å². The van der Waals surface area contributed by atoms with Crippen LogP contribution >= 0.6 is 22.9 Å². The van der Waals surface area contributed by atoms with Crippen LogP contribution < -0.4 is 20.1 Å². The quantitative estimate of drug-likeness (QED) is 0.662. The molecule has 2 rings (SSSR count). The van der Waals surface area contributed by atoms with E-state index in [2.05, 4.69) is 5.32 Å². The molecule has 1 aromatic carbocycles. The van der Waals surface area contributed by atoms with Crippen LogP contribution in [0.4, 0.5) is 5.69 Å². The largest absolute Gasteiger partial charge is 0.478 e. The van der Waals surface area contributed by atoms with E-state index in [1.54, 1.807) is 26.8 Å². The Labute approximate surface area is 174 Å².